The first-order valence-corrected chi connectivity index (χ1v) is 14.5. The molecule has 0 saturated carbocycles. The molecule has 5 rings (SSSR count). The van der Waals surface area contributed by atoms with Crippen LogP contribution in [0, 0.1) is 0 Å². The minimum atomic E-state index is -1.35. The molecule has 0 unspecified atom stereocenters. The highest BCUT2D eigenvalue weighted by molar-refractivity contribution is 5.94. The van der Waals surface area contributed by atoms with E-state index in [9.17, 15) is 19.2 Å². The maximum absolute atomic E-state index is 14.0. The van der Waals surface area contributed by atoms with E-state index in [1.165, 1.54) is 0 Å². The summed E-state index contributed by atoms with van der Waals surface area (Å²) in [5, 5.41) is 6.50. The summed E-state index contributed by atoms with van der Waals surface area (Å²) in [5.41, 5.74) is 1.01. The standard InChI is InChI=1S/C31H39N7O5.2ClH/c1-30(2,3)43-29(42)36-31(4,5)27(40)34-23(16-19-17-33-22-9-7-6-8-21(19)22)26(39)37-14-11-20(12-15-37)38-25-10-13-32-18-24(25)35-28(38)41;;/h6-10,13,17-18,20,23,33H,11-12,14-16H2,1-5H3,(H,34,40)(H,35,41)(H,36,42);2*1H/t23-;;/m1../s1. The van der Waals surface area contributed by atoms with Gasteiger partial charge in [-0.05, 0) is 65.2 Å². The summed E-state index contributed by atoms with van der Waals surface area (Å²) >= 11 is 0. The van der Waals surface area contributed by atoms with Gasteiger partial charge in [0, 0.05) is 48.8 Å². The molecule has 4 aromatic rings. The Morgan fingerprint density at radius 3 is 2.42 bits per heavy atom. The predicted octanol–water partition coefficient (Wildman–Crippen LogP) is 4.24. The molecule has 0 aliphatic carbocycles. The summed E-state index contributed by atoms with van der Waals surface area (Å²) in [5.74, 6) is -0.731. The lowest BCUT2D eigenvalue weighted by atomic mass is 9.98. The first-order valence-electron chi connectivity index (χ1n) is 14.5. The van der Waals surface area contributed by atoms with Gasteiger partial charge in [0.25, 0.3) is 0 Å². The Bertz CT molecular complexity index is 1710. The molecule has 3 aromatic heterocycles. The van der Waals surface area contributed by atoms with Crippen molar-refractivity contribution in [1.82, 2.24) is 35.1 Å². The number of amides is 3. The van der Waals surface area contributed by atoms with E-state index >= 15 is 0 Å². The highest BCUT2D eigenvalue weighted by Gasteiger charge is 2.37. The van der Waals surface area contributed by atoms with Crippen LogP contribution in [-0.4, -0.2) is 72.6 Å². The third-order valence-electron chi connectivity index (χ3n) is 7.74. The Balaban J connectivity index is 0.00000276. The Hall–Kier alpha value is -4.03. The van der Waals surface area contributed by atoms with Gasteiger partial charge in [-0.2, -0.15) is 0 Å². The second kappa shape index (κ2) is 13.9. The van der Waals surface area contributed by atoms with Gasteiger partial charge in [0.15, 0.2) is 0 Å². The molecule has 1 aliphatic heterocycles. The number of hydrogen-bond donors (Lipinski definition) is 4. The molecule has 45 heavy (non-hydrogen) atoms. The topological polar surface area (TPSA) is 154 Å². The number of aromatic nitrogens is 4. The third kappa shape index (κ3) is 7.98. The number of likely N-dealkylation sites (tertiary alicyclic amines) is 1. The van der Waals surface area contributed by atoms with Crippen molar-refractivity contribution in [1.29, 1.82) is 0 Å². The first kappa shape index (κ1) is 35.4. The van der Waals surface area contributed by atoms with Gasteiger partial charge in [-0.3, -0.25) is 19.1 Å². The van der Waals surface area contributed by atoms with Gasteiger partial charge in [-0.25, -0.2) is 9.59 Å². The van der Waals surface area contributed by atoms with Crippen LogP contribution in [0.3, 0.4) is 0 Å². The average Bonchev–Trinajstić information content (AvgIpc) is 3.50. The second-order valence-corrected chi connectivity index (χ2v) is 12.6. The van der Waals surface area contributed by atoms with E-state index in [4.69, 9.17) is 4.74 Å². The number of carbonyl (C=O) groups is 3. The average molecular weight is 663 g/mol. The number of imidazole rings is 1. The maximum Gasteiger partial charge on any atom is 0.408 e. The number of para-hydroxylation sites is 1. The molecule has 1 aliphatic rings. The zero-order chi connectivity index (χ0) is 30.9. The number of piperidine rings is 1. The fraction of sp³-hybridized carbons (Fsp3) is 0.452. The second-order valence-electron chi connectivity index (χ2n) is 12.6. The number of halogens is 2. The summed E-state index contributed by atoms with van der Waals surface area (Å²) in [6, 6.07) is 8.63. The van der Waals surface area contributed by atoms with E-state index in [-0.39, 0.29) is 48.9 Å². The molecule has 0 spiro atoms. The molecular weight excluding hydrogens is 621 g/mol. The molecular formula is C31H41Cl2N7O5. The minimum Gasteiger partial charge on any atom is -0.444 e. The summed E-state index contributed by atoms with van der Waals surface area (Å²) < 4.78 is 7.09. The van der Waals surface area contributed by atoms with Gasteiger partial charge in [0.05, 0.1) is 17.2 Å². The zero-order valence-corrected chi connectivity index (χ0v) is 27.6. The number of hydrogen-bond acceptors (Lipinski definition) is 6. The number of nitrogens with one attached hydrogen (secondary N) is 4. The molecule has 3 amide bonds. The van der Waals surface area contributed by atoms with Gasteiger partial charge in [0.2, 0.25) is 11.8 Å². The van der Waals surface area contributed by atoms with Gasteiger partial charge >= 0.3 is 11.8 Å². The van der Waals surface area contributed by atoms with Gasteiger partial charge in [0.1, 0.15) is 17.2 Å². The number of carbonyl (C=O) groups excluding carboxylic acids is 3. The number of H-pyrrole nitrogens is 2. The van der Waals surface area contributed by atoms with Crippen LogP contribution in [0.4, 0.5) is 4.79 Å². The summed E-state index contributed by atoms with van der Waals surface area (Å²) in [6.07, 6.45) is 5.83. The van der Waals surface area contributed by atoms with E-state index in [1.54, 1.807) is 56.5 Å². The molecule has 1 fully saturated rings. The number of aromatic amines is 2. The Morgan fingerprint density at radius 2 is 1.73 bits per heavy atom. The van der Waals surface area contributed by atoms with Crippen LogP contribution >= 0.6 is 24.8 Å². The monoisotopic (exact) mass is 661 g/mol. The number of benzene rings is 1. The van der Waals surface area contributed by atoms with Crippen molar-refractivity contribution in [3.05, 3.63) is 65.0 Å². The molecule has 0 radical (unpaired) electrons. The largest absolute Gasteiger partial charge is 0.444 e. The lowest BCUT2D eigenvalue weighted by Crippen LogP contribution is -2.60. The van der Waals surface area contributed by atoms with Crippen LogP contribution in [0.2, 0.25) is 0 Å². The SMILES string of the molecule is CC(C)(C)OC(=O)NC(C)(C)C(=O)N[C@H](Cc1c[nH]c2ccccc12)C(=O)N1CCC(n2c(=O)[nH]c3cnccc32)CC1.Cl.Cl. The van der Waals surface area contributed by atoms with Crippen molar-refractivity contribution in [2.45, 2.75) is 77.1 Å². The number of pyridine rings is 1. The maximum atomic E-state index is 14.0. The Labute approximate surface area is 273 Å². The first-order chi connectivity index (χ1) is 20.3. The highest BCUT2D eigenvalue weighted by Crippen LogP contribution is 2.26. The number of fused-ring (bicyclic) bond motifs is 2. The smallest absolute Gasteiger partial charge is 0.408 e. The van der Waals surface area contributed by atoms with E-state index in [1.807, 2.05) is 36.5 Å². The van der Waals surface area contributed by atoms with E-state index in [2.05, 4.69) is 25.6 Å². The van der Waals surface area contributed by atoms with Gasteiger partial charge < -0.3 is 30.2 Å². The van der Waals surface area contributed by atoms with E-state index in [0.29, 0.717) is 31.4 Å². The van der Waals surface area contributed by atoms with E-state index < -0.39 is 29.2 Å². The lowest BCUT2D eigenvalue weighted by Gasteiger charge is -2.36. The molecule has 0 bridgehead atoms. The summed E-state index contributed by atoms with van der Waals surface area (Å²) in [4.78, 5) is 64.6. The lowest BCUT2D eigenvalue weighted by molar-refractivity contribution is -0.138. The van der Waals surface area contributed by atoms with Crippen LogP contribution in [0.25, 0.3) is 21.9 Å². The number of rotatable bonds is 7. The number of nitrogens with zero attached hydrogens (tertiary/aromatic N) is 3. The van der Waals surface area contributed by atoms with Crippen molar-refractivity contribution in [3.63, 3.8) is 0 Å². The quantitative estimate of drug-likeness (QED) is 0.232. The highest BCUT2D eigenvalue weighted by atomic mass is 35.5. The molecule has 1 saturated heterocycles. The molecule has 244 valence electrons. The van der Waals surface area contributed by atoms with Crippen molar-refractivity contribution in [2.24, 2.45) is 0 Å². The molecule has 4 heterocycles. The molecule has 14 heteroatoms. The number of ether oxygens (including phenoxy) is 1. The van der Waals surface area contributed by atoms with Gasteiger partial charge in [-0.15, -0.1) is 24.8 Å². The number of alkyl carbamates (subject to hydrolysis) is 1. The third-order valence-corrected chi connectivity index (χ3v) is 7.74. The van der Waals surface area contributed by atoms with Crippen LogP contribution in [0.1, 0.15) is 59.1 Å². The van der Waals surface area contributed by atoms with Crippen LogP contribution in [-0.2, 0) is 20.7 Å². The summed E-state index contributed by atoms with van der Waals surface area (Å²) in [6.45, 7) is 9.21. The molecule has 12 nitrogen and oxygen atoms in total. The minimum absolute atomic E-state index is 0. The van der Waals surface area contributed by atoms with Crippen molar-refractivity contribution >= 4 is 64.7 Å². The van der Waals surface area contributed by atoms with E-state index in [0.717, 1.165) is 22.0 Å². The molecule has 1 atom stereocenters. The normalized spacial score (nSPS) is 14.7. The van der Waals surface area contributed by atoms with Crippen molar-refractivity contribution < 1.29 is 19.1 Å². The van der Waals surface area contributed by atoms with Crippen molar-refractivity contribution in [3.8, 4) is 0 Å². The van der Waals surface area contributed by atoms with Crippen LogP contribution < -0.4 is 16.3 Å². The van der Waals surface area contributed by atoms with Crippen molar-refractivity contribution in [2.75, 3.05) is 13.1 Å². The zero-order valence-electron chi connectivity index (χ0n) is 26.0. The molecule has 1 aromatic carbocycles. The fourth-order valence-corrected chi connectivity index (χ4v) is 5.58. The van der Waals surface area contributed by atoms with Gasteiger partial charge in [-0.1, -0.05) is 18.2 Å². The molecule has 4 N–H and O–H groups in total. The summed E-state index contributed by atoms with van der Waals surface area (Å²) in [7, 11) is 0. The van der Waals surface area contributed by atoms with Crippen LogP contribution in [0.15, 0.2) is 53.7 Å². The Morgan fingerprint density at radius 1 is 1.04 bits per heavy atom. The Kier molecular flexibility index (Phi) is 11.0. The fourth-order valence-electron chi connectivity index (χ4n) is 5.58. The predicted molar refractivity (Wildman–Crippen MR) is 177 cm³/mol. The van der Waals surface area contributed by atoms with Crippen LogP contribution in [0.5, 0.6) is 0 Å².